The SMILES string of the molecule is CC(=O)NC1C(OC(=O)COc2ccccc2C)OC(COC(C)=O)C(OC(C)=O)C1OC(C)=O. The summed E-state index contributed by atoms with van der Waals surface area (Å²) in [5.41, 5.74) is 0.797. The van der Waals surface area contributed by atoms with Gasteiger partial charge < -0.3 is 33.7 Å². The Labute approximate surface area is 202 Å². The summed E-state index contributed by atoms with van der Waals surface area (Å²) in [6, 6.07) is 5.78. The predicted octanol–water partition coefficient (Wildman–Crippen LogP) is 0.573. The molecule has 1 aliphatic rings. The Morgan fingerprint density at radius 2 is 1.51 bits per heavy atom. The first-order valence-corrected chi connectivity index (χ1v) is 10.8. The van der Waals surface area contributed by atoms with Crippen molar-refractivity contribution in [1.82, 2.24) is 5.32 Å². The fraction of sp³-hybridized carbons (Fsp3) is 0.522. The van der Waals surface area contributed by atoms with Gasteiger partial charge in [-0.2, -0.15) is 0 Å². The van der Waals surface area contributed by atoms with Crippen LogP contribution in [-0.2, 0) is 47.7 Å². The lowest BCUT2D eigenvalue weighted by Crippen LogP contribution is -2.66. The minimum Gasteiger partial charge on any atom is -0.482 e. The molecule has 1 aromatic carbocycles. The van der Waals surface area contributed by atoms with Crippen LogP contribution >= 0.6 is 0 Å². The number of carbonyl (C=O) groups is 5. The van der Waals surface area contributed by atoms with Crippen molar-refractivity contribution in [3.63, 3.8) is 0 Å². The lowest BCUT2D eigenvalue weighted by Gasteiger charge is -2.44. The van der Waals surface area contributed by atoms with Gasteiger partial charge in [-0.3, -0.25) is 19.2 Å². The molecule has 5 atom stereocenters. The van der Waals surface area contributed by atoms with Crippen LogP contribution in [0.15, 0.2) is 24.3 Å². The van der Waals surface area contributed by atoms with Gasteiger partial charge in [-0.25, -0.2) is 4.79 Å². The molecule has 1 aromatic rings. The van der Waals surface area contributed by atoms with E-state index in [1.54, 1.807) is 25.1 Å². The third kappa shape index (κ3) is 8.56. The van der Waals surface area contributed by atoms with E-state index in [-0.39, 0.29) is 0 Å². The normalized spacial score (nSPS) is 23.4. The van der Waals surface area contributed by atoms with E-state index in [0.29, 0.717) is 5.75 Å². The number of esters is 4. The van der Waals surface area contributed by atoms with Crippen molar-refractivity contribution in [2.75, 3.05) is 13.2 Å². The average molecular weight is 495 g/mol. The van der Waals surface area contributed by atoms with Crippen molar-refractivity contribution in [1.29, 1.82) is 0 Å². The summed E-state index contributed by atoms with van der Waals surface area (Å²) >= 11 is 0. The molecule has 35 heavy (non-hydrogen) atoms. The van der Waals surface area contributed by atoms with Crippen LogP contribution in [0.25, 0.3) is 0 Å². The second-order valence-electron chi connectivity index (χ2n) is 7.76. The summed E-state index contributed by atoms with van der Waals surface area (Å²) in [4.78, 5) is 59.4. The molecule has 1 N–H and O–H groups in total. The van der Waals surface area contributed by atoms with Gasteiger partial charge in [0.25, 0.3) is 0 Å². The number of nitrogens with one attached hydrogen (secondary N) is 1. The minimum absolute atomic E-state index is 0.411. The third-order valence-corrected chi connectivity index (χ3v) is 4.76. The highest BCUT2D eigenvalue weighted by Gasteiger charge is 2.52. The second-order valence-corrected chi connectivity index (χ2v) is 7.76. The first-order valence-electron chi connectivity index (χ1n) is 10.8. The molecule has 5 unspecified atom stereocenters. The van der Waals surface area contributed by atoms with Gasteiger partial charge in [-0.05, 0) is 18.6 Å². The van der Waals surface area contributed by atoms with Crippen LogP contribution < -0.4 is 10.1 Å². The van der Waals surface area contributed by atoms with Crippen LogP contribution in [-0.4, -0.2) is 73.6 Å². The van der Waals surface area contributed by atoms with Gasteiger partial charge in [-0.1, -0.05) is 18.2 Å². The zero-order valence-corrected chi connectivity index (χ0v) is 20.1. The zero-order valence-electron chi connectivity index (χ0n) is 20.1. The molecule has 2 rings (SSSR count). The van der Waals surface area contributed by atoms with Gasteiger partial charge >= 0.3 is 23.9 Å². The van der Waals surface area contributed by atoms with Crippen molar-refractivity contribution in [2.24, 2.45) is 0 Å². The molecule has 0 aliphatic carbocycles. The van der Waals surface area contributed by atoms with E-state index >= 15 is 0 Å². The Morgan fingerprint density at radius 3 is 2.09 bits per heavy atom. The van der Waals surface area contributed by atoms with Crippen LogP contribution in [0.5, 0.6) is 5.75 Å². The zero-order chi connectivity index (χ0) is 26.1. The molecule has 1 fully saturated rings. The number of benzene rings is 1. The molecule has 192 valence electrons. The van der Waals surface area contributed by atoms with Crippen molar-refractivity contribution in [3.05, 3.63) is 29.8 Å². The van der Waals surface area contributed by atoms with Crippen LogP contribution in [0.2, 0.25) is 0 Å². The van der Waals surface area contributed by atoms with E-state index in [1.807, 2.05) is 6.07 Å². The molecular weight excluding hydrogens is 466 g/mol. The highest BCUT2D eigenvalue weighted by molar-refractivity contribution is 5.74. The van der Waals surface area contributed by atoms with Gasteiger partial charge in [0.15, 0.2) is 18.8 Å². The third-order valence-electron chi connectivity index (χ3n) is 4.76. The summed E-state index contributed by atoms with van der Waals surface area (Å²) in [5, 5.41) is 2.51. The molecule has 1 amide bonds. The number of rotatable bonds is 9. The monoisotopic (exact) mass is 495 g/mol. The highest BCUT2D eigenvalue weighted by atomic mass is 16.7. The number of amides is 1. The lowest BCUT2D eigenvalue weighted by atomic mass is 9.96. The Balaban J connectivity index is 2.30. The van der Waals surface area contributed by atoms with E-state index in [2.05, 4.69) is 5.32 Å². The fourth-order valence-electron chi connectivity index (χ4n) is 3.41. The van der Waals surface area contributed by atoms with Gasteiger partial charge in [0.2, 0.25) is 12.2 Å². The number of ether oxygens (including phenoxy) is 6. The van der Waals surface area contributed by atoms with Crippen molar-refractivity contribution in [2.45, 2.75) is 65.3 Å². The Morgan fingerprint density at radius 1 is 0.886 bits per heavy atom. The molecule has 1 saturated heterocycles. The van der Waals surface area contributed by atoms with Crippen LogP contribution in [0.4, 0.5) is 0 Å². The summed E-state index contributed by atoms with van der Waals surface area (Å²) in [5.74, 6) is -3.10. The maximum Gasteiger partial charge on any atom is 0.346 e. The standard InChI is InChI=1S/C23H29NO11/c1-12-8-6-7-9-17(12)31-11-19(29)35-23-20(24-13(2)25)22(33-16(5)28)21(32-15(4)27)18(34-23)10-30-14(3)26/h6-9,18,20-23H,10-11H2,1-5H3,(H,24,25). The van der Waals surface area contributed by atoms with Crippen LogP contribution in [0, 0.1) is 6.92 Å². The topological polar surface area (TPSA) is 153 Å². The van der Waals surface area contributed by atoms with Gasteiger partial charge in [-0.15, -0.1) is 0 Å². The minimum atomic E-state index is -1.50. The number of hydrogen-bond acceptors (Lipinski definition) is 11. The molecule has 12 nitrogen and oxygen atoms in total. The summed E-state index contributed by atoms with van der Waals surface area (Å²) in [6.45, 7) is 5.49. The quantitative estimate of drug-likeness (QED) is 0.378. The molecular formula is C23H29NO11. The largest absolute Gasteiger partial charge is 0.482 e. The summed E-state index contributed by atoms with van der Waals surface area (Å²) in [7, 11) is 0. The average Bonchev–Trinajstić information content (AvgIpc) is 2.75. The number of carbonyl (C=O) groups excluding carboxylic acids is 5. The molecule has 1 heterocycles. The van der Waals surface area contributed by atoms with E-state index in [9.17, 15) is 24.0 Å². The van der Waals surface area contributed by atoms with E-state index in [1.165, 1.54) is 6.92 Å². The lowest BCUT2D eigenvalue weighted by molar-refractivity contribution is -0.272. The maximum atomic E-state index is 12.6. The van der Waals surface area contributed by atoms with Crippen LogP contribution in [0.1, 0.15) is 33.3 Å². The van der Waals surface area contributed by atoms with Gasteiger partial charge in [0.1, 0.15) is 24.5 Å². The molecule has 12 heteroatoms. The van der Waals surface area contributed by atoms with E-state index in [0.717, 1.165) is 26.3 Å². The Bertz CT molecular complexity index is 947. The predicted molar refractivity (Wildman–Crippen MR) is 117 cm³/mol. The van der Waals surface area contributed by atoms with Crippen LogP contribution in [0.3, 0.4) is 0 Å². The van der Waals surface area contributed by atoms with E-state index < -0.39 is 73.6 Å². The molecule has 1 aliphatic heterocycles. The van der Waals surface area contributed by atoms with Gasteiger partial charge in [0, 0.05) is 27.7 Å². The molecule has 0 saturated carbocycles. The molecule has 0 aromatic heterocycles. The van der Waals surface area contributed by atoms with Gasteiger partial charge in [0.05, 0.1) is 0 Å². The first-order chi connectivity index (χ1) is 16.5. The Hall–Kier alpha value is -3.67. The maximum absolute atomic E-state index is 12.6. The van der Waals surface area contributed by atoms with E-state index in [4.69, 9.17) is 28.4 Å². The summed E-state index contributed by atoms with van der Waals surface area (Å²) in [6.07, 6.45) is -5.30. The molecule has 0 radical (unpaired) electrons. The highest BCUT2D eigenvalue weighted by Crippen LogP contribution is 2.28. The molecule has 0 bridgehead atoms. The number of hydrogen-bond donors (Lipinski definition) is 1. The second kappa shape index (κ2) is 12.7. The fourth-order valence-corrected chi connectivity index (χ4v) is 3.41. The number of para-hydroxylation sites is 1. The summed E-state index contributed by atoms with van der Waals surface area (Å²) < 4.78 is 32.3. The first kappa shape index (κ1) is 27.6. The smallest absolute Gasteiger partial charge is 0.346 e. The van der Waals surface area contributed by atoms with Crippen molar-refractivity contribution < 1.29 is 52.4 Å². The van der Waals surface area contributed by atoms with Crippen molar-refractivity contribution in [3.8, 4) is 5.75 Å². The van der Waals surface area contributed by atoms with Crippen molar-refractivity contribution >= 4 is 29.8 Å². The number of aryl methyl sites for hydroxylation is 1. The Kier molecular flexibility index (Phi) is 10.0. The molecule has 0 spiro atoms.